The fourth-order valence-corrected chi connectivity index (χ4v) is 0.721. The van der Waals surface area contributed by atoms with Crippen LogP contribution in [0.15, 0.2) is 30.3 Å². The van der Waals surface area contributed by atoms with E-state index in [4.69, 9.17) is 0 Å². The van der Waals surface area contributed by atoms with E-state index in [1.165, 1.54) is 17.6 Å². The maximum atomic E-state index is 11.0. The smallest absolute Gasteiger partial charge is 0.332 e. The topological polar surface area (TPSA) is 75.3 Å². The molecule has 0 atom stereocenters. The first-order valence-electron chi connectivity index (χ1n) is 3.43. The van der Waals surface area contributed by atoms with Gasteiger partial charge in [-0.3, -0.25) is 0 Å². The van der Waals surface area contributed by atoms with Crippen LogP contribution in [0.5, 0.6) is 0 Å². The number of carbonyl (C=O) groups excluding carboxylic acids is 2. The predicted octanol–water partition coefficient (Wildman–Crippen LogP) is 0.899. The van der Waals surface area contributed by atoms with Gasteiger partial charge in [0.2, 0.25) is 0 Å². The van der Waals surface area contributed by atoms with Gasteiger partial charge in [-0.15, -0.1) is 5.48 Å². The number of rotatable bonds is 1. The molecule has 0 fully saturated rings. The molecule has 1 radical (unpaired) electrons. The minimum absolute atomic E-state index is 0.260. The zero-order valence-electron chi connectivity index (χ0n) is 6.52. The summed E-state index contributed by atoms with van der Waals surface area (Å²) in [5, 5.41) is 9.84. The van der Waals surface area contributed by atoms with Gasteiger partial charge in [-0.1, -0.05) is 18.2 Å². The molecule has 1 amide bonds. The highest BCUT2D eigenvalue weighted by Crippen LogP contribution is 1.99. The second-order valence-corrected chi connectivity index (χ2v) is 2.15. The van der Waals surface area contributed by atoms with E-state index in [0.29, 0.717) is 0 Å². The van der Waals surface area contributed by atoms with E-state index in [1.54, 1.807) is 18.2 Å². The molecule has 0 spiro atoms. The van der Waals surface area contributed by atoms with Crippen LogP contribution >= 0.6 is 0 Å². The summed E-state index contributed by atoms with van der Waals surface area (Å²) in [6.07, 6.45) is -1.66. The first-order chi connectivity index (χ1) is 6.20. The highest BCUT2D eigenvalue weighted by atomic mass is 16.7. The molecular formula is C8H6NO4. The predicted molar refractivity (Wildman–Crippen MR) is 41.1 cm³/mol. The SMILES string of the molecule is [O]C(=O)NOC(=O)c1ccccc1. The van der Waals surface area contributed by atoms with Crippen LogP contribution in [0.3, 0.4) is 0 Å². The average molecular weight is 180 g/mol. The summed E-state index contributed by atoms with van der Waals surface area (Å²) < 4.78 is 0. The van der Waals surface area contributed by atoms with Crippen LogP contribution in [0.25, 0.3) is 0 Å². The third kappa shape index (κ3) is 2.82. The Kier molecular flexibility index (Phi) is 2.86. The zero-order chi connectivity index (χ0) is 9.68. The Morgan fingerprint density at radius 1 is 1.15 bits per heavy atom. The molecule has 0 aromatic heterocycles. The van der Waals surface area contributed by atoms with Crippen molar-refractivity contribution in [2.75, 3.05) is 0 Å². The van der Waals surface area contributed by atoms with Crippen molar-refractivity contribution in [1.29, 1.82) is 0 Å². The summed E-state index contributed by atoms with van der Waals surface area (Å²) in [5.74, 6) is -0.773. The lowest BCUT2D eigenvalue weighted by molar-refractivity contribution is 0.0227. The molecule has 13 heavy (non-hydrogen) atoms. The molecule has 0 bridgehead atoms. The van der Waals surface area contributed by atoms with Crippen LogP contribution in [-0.4, -0.2) is 12.1 Å². The minimum Gasteiger partial charge on any atom is -0.332 e. The van der Waals surface area contributed by atoms with E-state index < -0.39 is 12.1 Å². The van der Waals surface area contributed by atoms with Gasteiger partial charge >= 0.3 is 12.1 Å². The van der Waals surface area contributed by atoms with Crippen molar-refractivity contribution in [3.05, 3.63) is 35.9 Å². The fourth-order valence-electron chi connectivity index (χ4n) is 0.721. The molecular weight excluding hydrogens is 174 g/mol. The average Bonchev–Trinajstić information content (AvgIpc) is 2.15. The summed E-state index contributed by atoms with van der Waals surface area (Å²) in [5.41, 5.74) is 1.66. The lowest BCUT2D eigenvalue weighted by Gasteiger charge is -1.99. The first kappa shape index (κ1) is 9.05. The van der Waals surface area contributed by atoms with Crippen molar-refractivity contribution in [3.8, 4) is 0 Å². The fraction of sp³-hybridized carbons (Fsp3) is 0. The standard InChI is InChI=1S/C8H6NO4/c10-7(13-9-8(11)12)6-4-2-1-3-5-6/h1-5,9H. The van der Waals surface area contributed by atoms with Gasteiger partial charge in [-0.05, 0) is 12.1 Å². The van der Waals surface area contributed by atoms with Crippen LogP contribution in [0.1, 0.15) is 10.4 Å². The molecule has 0 aliphatic carbocycles. The summed E-state index contributed by atoms with van der Waals surface area (Å²) in [6.45, 7) is 0. The highest BCUT2D eigenvalue weighted by molar-refractivity contribution is 5.89. The quantitative estimate of drug-likeness (QED) is 0.652. The van der Waals surface area contributed by atoms with Gasteiger partial charge < -0.3 is 4.84 Å². The maximum Gasteiger partial charge on any atom is 0.483 e. The van der Waals surface area contributed by atoms with E-state index in [-0.39, 0.29) is 5.56 Å². The Balaban J connectivity index is 2.54. The van der Waals surface area contributed by atoms with Gasteiger partial charge in [-0.25, -0.2) is 14.7 Å². The number of nitrogens with one attached hydrogen (secondary N) is 1. The molecule has 5 nitrogen and oxygen atoms in total. The first-order valence-corrected chi connectivity index (χ1v) is 3.43. The Morgan fingerprint density at radius 3 is 2.31 bits per heavy atom. The molecule has 0 aliphatic rings. The van der Waals surface area contributed by atoms with Crippen molar-refractivity contribution in [1.82, 2.24) is 5.48 Å². The summed E-state index contributed by atoms with van der Waals surface area (Å²) in [4.78, 5) is 24.9. The number of hydrogen-bond acceptors (Lipinski definition) is 3. The normalized spacial score (nSPS) is 8.92. The lowest BCUT2D eigenvalue weighted by Crippen LogP contribution is -2.24. The number of benzene rings is 1. The van der Waals surface area contributed by atoms with Crippen LogP contribution in [0.4, 0.5) is 4.79 Å². The Hall–Kier alpha value is -2.04. The van der Waals surface area contributed by atoms with E-state index >= 15 is 0 Å². The molecule has 0 saturated heterocycles. The second-order valence-electron chi connectivity index (χ2n) is 2.15. The Labute approximate surface area is 73.9 Å². The van der Waals surface area contributed by atoms with Crippen molar-refractivity contribution < 1.29 is 19.5 Å². The second kappa shape index (κ2) is 4.10. The summed E-state index contributed by atoms with van der Waals surface area (Å²) >= 11 is 0. The van der Waals surface area contributed by atoms with Crippen LogP contribution in [0, 0.1) is 0 Å². The third-order valence-electron chi connectivity index (χ3n) is 1.24. The van der Waals surface area contributed by atoms with Gasteiger partial charge in [0.15, 0.2) is 0 Å². The van der Waals surface area contributed by atoms with E-state index in [0.717, 1.165) is 0 Å². The summed E-state index contributed by atoms with van der Waals surface area (Å²) in [6, 6.07) is 7.99. The third-order valence-corrected chi connectivity index (χ3v) is 1.24. The van der Waals surface area contributed by atoms with Crippen molar-refractivity contribution in [2.24, 2.45) is 0 Å². The van der Waals surface area contributed by atoms with E-state index in [2.05, 4.69) is 4.84 Å². The molecule has 1 aromatic rings. The van der Waals surface area contributed by atoms with Gasteiger partial charge in [0.05, 0.1) is 5.56 Å². The van der Waals surface area contributed by atoms with Crippen molar-refractivity contribution in [3.63, 3.8) is 0 Å². The van der Waals surface area contributed by atoms with Crippen LogP contribution in [-0.2, 0) is 9.94 Å². The van der Waals surface area contributed by atoms with Crippen molar-refractivity contribution >= 4 is 12.1 Å². The zero-order valence-corrected chi connectivity index (χ0v) is 6.52. The molecule has 5 heteroatoms. The largest absolute Gasteiger partial charge is 0.483 e. The van der Waals surface area contributed by atoms with E-state index in [1.807, 2.05) is 0 Å². The molecule has 67 valence electrons. The summed E-state index contributed by atoms with van der Waals surface area (Å²) in [7, 11) is 0. The van der Waals surface area contributed by atoms with Crippen LogP contribution < -0.4 is 5.48 Å². The monoisotopic (exact) mass is 180 g/mol. The van der Waals surface area contributed by atoms with Crippen molar-refractivity contribution in [2.45, 2.75) is 0 Å². The molecule has 1 rings (SSSR count). The van der Waals surface area contributed by atoms with E-state index in [9.17, 15) is 14.7 Å². The maximum absolute atomic E-state index is 11.0. The lowest BCUT2D eigenvalue weighted by atomic mass is 10.2. The molecule has 0 unspecified atom stereocenters. The molecule has 0 saturated carbocycles. The van der Waals surface area contributed by atoms with Gasteiger partial charge in [0.1, 0.15) is 0 Å². The van der Waals surface area contributed by atoms with Crippen LogP contribution in [0.2, 0.25) is 0 Å². The number of hydroxylamine groups is 1. The number of carbonyl (C=O) groups is 2. The number of amides is 1. The highest BCUT2D eigenvalue weighted by Gasteiger charge is 2.07. The van der Waals surface area contributed by atoms with Gasteiger partial charge in [-0.2, -0.15) is 0 Å². The van der Waals surface area contributed by atoms with Gasteiger partial charge in [0.25, 0.3) is 0 Å². The molecule has 1 N–H and O–H groups in total. The van der Waals surface area contributed by atoms with Gasteiger partial charge in [0, 0.05) is 0 Å². The molecule has 1 aromatic carbocycles. The minimum atomic E-state index is -1.66. The number of hydrogen-bond donors (Lipinski definition) is 1. The molecule has 0 heterocycles. The molecule has 0 aliphatic heterocycles. The Morgan fingerprint density at radius 2 is 1.77 bits per heavy atom. The Bertz CT molecular complexity index is 309.